The summed E-state index contributed by atoms with van der Waals surface area (Å²) in [4.78, 5) is 10.7. The quantitative estimate of drug-likeness (QED) is 0.662. The molecule has 1 spiro atoms. The molecule has 2 aromatic heterocycles. The van der Waals surface area contributed by atoms with Crippen LogP contribution in [0, 0.1) is 5.41 Å². The van der Waals surface area contributed by atoms with Crippen molar-refractivity contribution in [3.05, 3.63) is 29.8 Å². The highest BCUT2D eigenvalue weighted by atomic mass is 32.2. The Morgan fingerprint density at radius 1 is 1.15 bits per heavy atom. The minimum absolute atomic E-state index is 0.0112. The molecule has 3 aliphatic rings. The third kappa shape index (κ3) is 4.41. The highest BCUT2D eigenvalue weighted by Gasteiger charge is 2.53. The molecular weight excluding hydrogens is 455 g/mol. The van der Waals surface area contributed by atoms with Crippen molar-refractivity contribution in [1.82, 2.24) is 24.6 Å². The highest BCUT2D eigenvalue weighted by Crippen LogP contribution is 2.44. The zero-order valence-corrected chi connectivity index (χ0v) is 19.4. The number of likely N-dealkylation sites (tertiary alicyclic amines) is 1. The van der Waals surface area contributed by atoms with E-state index >= 15 is 0 Å². The number of alkyl halides is 3. The maximum atomic E-state index is 12.8. The average Bonchev–Trinajstić information content (AvgIpc) is 3.37. The van der Waals surface area contributed by atoms with Crippen molar-refractivity contribution in [2.45, 2.75) is 63.7 Å². The van der Waals surface area contributed by atoms with Crippen LogP contribution in [0.1, 0.15) is 56.5 Å². The van der Waals surface area contributed by atoms with Crippen LogP contribution in [0.4, 0.5) is 13.2 Å². The number of aromatic nitrogens is 4. The maximum Gasteiger partial charge on any atom is 0.433 e. The molecule has 33 heavy (non-hydrogen) atoms. The molecule has 0 unspecified atom stereocenters. The van der Waals surface area contributed by atoms with Gasteiger partial charge in [0.05, 0.1) is 11.5 Å². The lowest BCUT2D eigenvalue weighted by atomic mass is 9.84. The fraction of sp³-hybridized carbons (Fsp3) is 0.682. The molecule has 0 bridgehead atoms. The smallest absolute Gasteiger partial charge is 0.300 e. The third-order valence-electron chi connectivity index (χ3n) is 7.41. The first-order valence-corrected chi connectivity index (χ1v) is 13.3. The maximum absolute atomic E-state index is 12.8. The fourth-order valence-corrected chi connectivity index (χ4v) is 8.06. The van der Waals surface area contributed by atoms with Gasteiger partial charge in [-0.25, -0.2) is 18.1 Å². The summed E-state index contributed by atoms with van der Waals surface area (Å²) < 4.78 is 63.6. The van der Waals surface area contributed by atoms with Crippen molar-refractivity contribution in [3.8, 4) is 11.4 Å². The second kappa shape index (κ2) is 8.04. The van der Waals surface area contributed by atoms with E-state index in [1.165, 1.54) is 12.3 Å². The van der Waals surface area contributed by atoms with Crippen molar-refractivity contribution in [2.75, 3.05) is 24.6 Å². The average molecular weight is 484 g/mol. The Hall–Kier alpha value is -2.01. The number of sulfone groups is 1. The van der Waals surface area contributed by atoms with E-state index in [1.807, 2.05) is 11.6 Å². The van der Waals surface area contributed by atoms with Gasteiger partial charge in [0.25, 0.3) is 0 Å². The zero-order valence-electron chi connectivity index (χ0n) is 18.6. The van der Waals surface area contributed by atoms with Crippen LogP contribution >= 0.6 is 0 Å². The number of nitrogens with zero attached hydrogens (tertiary/aromatic N) is 5. The van der Waals surface area contributed by atoms with Gasteiger partial charge in [0.15, 0.2) is 15.7 Å². The van der Waals surface area contributed by atoms with Crippen LogP contribution in [0.3, 0.4) is 0 Å². The molecule has 2 aromatic rings. The number of rotatable bonds is 4. The minimum atomic E-state index is -4.47. The van der Waals surface area contributed by atoms with Crippen molar-refractivity contribution in [1.29, 1.82) is 0 Å². The molecule has 0 N–H and O–H groups in total. The molecule has 0 aromatic carbocycles. The number of hydrogen-bond donors (Lipinski definition) is 0. The van der Waals surface area contributed by atoms with Crippen LogP contribution in [0.2, 0.25) is 0 Å². The summed E-state index contributed by atoms with van der Waals surface area (Å²) >= 11 is 0. The van der Waals surface area contributed by atoms with Gasteiger partial charge in [0.1, 0.15) is 11.5 Å². The lowest BCUT2D eigenvalue weighted by Gasteiger charge is -2.39. The van der Waals surface area contributed by atoms with E-state index in [0.29, 0.717) is 35.5 Å². The van der Waals surface area contributed by atoms with Gasteiger partial charge in [0.2, 0.25) is 0 Å². The molecule has 2 aliphatic heterocycles. The number of pyridine rings is 1. The Morgan fingerprint density at radius 2 is 1.88 bits per heavy atom. The van der Waals surface area contributed by atoms with Crippen LogP contribution in [0.5, 0.6) is 0 Å². The van der Waals surface area contributed by atoms with Crippen LogP contribution in [0.25, 0.3) is 11.4 Å². The number of halogens is 3. The first kappa shape index (κ1) is 22.8. The van der Waals surface area contributed by atoms with Crippen LogP contribution in [-0.2, 0) is 22.6 Å². The van der Waals surface area contributed by atoms with Gasteiger partial charge in [0, 0.05) is 42.2 Å². The number of hydrogen-bond acceptors (Lipinski definition) is 6. The number of aryl methyl sites for hydroxylation is 1. The molecule has 1 saturated carbocycles. The second-order valence-electron chi connectivity index (χ2n) is 9.80. The molecule has 3 fully saturated rings. The molecule has 11 heteroatoms. The molecule has 180 valence electrons. The van der Waals surface area contributed by atoms with E-state index in [0.717, 1.165) is 57.1 Å². The van der Waals surface area contributed by atoms with Gasteiger partial charge in [-0.05, 0) is 57.7 Å². The second-order valence-corrected chi connectivity index (χ2v) is 11.9. The minimum Gasteiger partial charge on any atom is -0.300 e. The lowest BCUT2D eigenvalue weighted by molar-refractivity contribution is -0.141. The first-order valence-electron chi connectivity index (χ1n) is 11.5. The Balaban J connectivity index is 1.24. The van der Waals surface area contributed by atoms with Crippen molar-refractivity contribution < 1.29 is 21.6 Å². The van der Waals surface area contributed by atoms with Gasteiger partial charge < -0.3 is 0 Å². The van der Waals surface area contributed by atoms with Crippen molar-refractivity contribution in [3.63, 3.8) is 0 Å². The fourth-order valence-electron chi connectivity index (χ4n) is 5.81. The van der Waals surface area contributed by atoms with Crippen LogP contribution in [-0.4, -0.2) is 63.7 Å². The predicted octanol–water partition coefficient (Wildman–Crippen LogP) is 3.53. The standard InChI is InChI=1S/C22H28F3N5O2S/c1-2-30-20(27-19(28-30)16-5-8-18(26-11-16)22(23,24)25)15-3-6-17(7-4-15)29-10-9-21(12-29)13-33(31,32)14-21/h5,8,11,15,17H,2-4,6-7,9-10,12-14H2,1H3. The predicted molar refractivity (Wildman–Crippen MR) is 116 cm³/mol. The summed E-state index contributed by atoms with van der Waals surface area (Å²) in [6, 6.07) is 2.80. The summed E-state index contributed by atoms with van der Waals surface area (Å²) in [6.45, 7) is 4.48. The van der Waals surface area contributed by atoms with Gasteiger partial charge in [-0.3, -0.25) is 9.88 Å². The molecule has 0 radical (unpaired) electrons. The Morgan fingerprint density at radius 3 is 2.45 bits per heavy atom. The van der Waals surface area contributed by atoms with Crippen LogP contribution < -0.4 is 0 Å². The lowest BCUT2D eigenvalue weighted by Crippen LogP contribution is -2.51. The molecule has 4 heterocycles. The van der Waals surface area contributed by atoms with Crippen molar-refractivity contribution >= 4 is 9.84 Å². The van der Waals surface area contributed by atoms with Gasteiger partial charge in [-0.2, -0.15) is 18.3 Å². The summed E-state index contributed by atoms with van der Waals surface area (Å²) in [6.07, 6.45) is 1.68. The third-order valence-corrected chi connectivity index (χ3v) is 9.51. The topological polar surface area (TPSA) is 81.0 Å². The monoisotopic (exact) mass is 483 g/mol. The largest absolute Gasteiger partial charge is 0.433 e. The molecule has 7 nitrogen and oxygen atoms in total. The summed E-state index contributed by atoms with van der Waals surface area (Å²) in [7, 11) is -2.82. The molecule has 0 atom stereocenters. The van der Waals surface area contributed by atoms with E-state index in [1.54, 1.807) is 0 Å². The Bertz CT molecular complexity index is 1110. The molecular formula is C22H28F3N5O2S. The van der Waals surface area contributed by atoms with E-state index in [9.17, 15) is 21.6 Å². The zero-order chi connectivity index (χ0) is 23.4. The van der Waals surface area contributed by atoms with E-state index < -0.39 is 21.7 Å². The SMILES string of the molecule is CCn1nc(-c2ccc(C(F)(F)F)nc2)nc1C1CCC(N2CCC3(C2)CS(=O)(=O)C3)CC1. The first-order chi connectivity index (χ1) is 15.6. The summed E-state index contributed by atoms with van der Waals surface area (Å²) in [5, 5.41) is 4.53. The summed E-state index contributed by atoms with van der Waals surface area (Å²) in [5.74, 6) is 2.22. The van der Waals surface area contributed by atoms with Crippen molar-refractivity contribution in [2.24, 2.45) is 5.41 Å². The Kier molecular flexibility index (Phi) is 5.55. The highest BCUT2D eigenvalue weighted by molar-refractivity contribution is 7.92. The summed E-state index contributed by atoms with van der Waals surface area (Å²) in [5.41, 5.74) is -0.464. The molecule has 2 saturated heterocycles. The van der Waals surface area contributed by atoms with E-state index in [2.05, 4.69) is 15.0 Å². The normalized spacial score (nSPS) is 27.0. The molecule has 1 aliphatic carbocycles. The molecule has 5 rings (SSSR count). The van der Waals surface area contributed by atoms with Crippen LogP contribution in [0.15, 0.2) is 18.3 Å². The van der Waals surface area contributed by atoms with Gasteiger partial charge >= 0.3 is 6.18 Å². The van der Waals surface area contributed by atoms with E-state index in [4.69, 9.17) is 4.98 Å². The van der Waals surface area contributed by atoms with Gasteiger partial charge in [-0.1, -0.05) is 0 Å². The van der Waals surface area contributed by atoms with E-state index in [-0.39, 0.29) is 11.3 Å². The molecule has 0 amide bonds. The van der Waals surface area contributed by atoms with Gasteiger partial charge in [-0.15, -0.1) is 0 Å². The Labute approximate surface area is 191 Å².